The predicted octanol–water partition coefficient (Wildman–Crippen LogP) is 2.50. The van der Waals surface area contributed by atoms with E-state index in [0.717, 1.165) is 12.2 Å². The first-order valence-electron chi connectivity index (χ1n) is 4.62. The van der Waals surface area contributed by atoms with E-state index < -0.39 is 0 Å². The monoisotopic (exact) mass is 154 g/mol. The van der Waals surface area contributed by atoms with Crippen molar-refractivity contribution in [2.75, 3.05) is 0 Å². The van der Waals surface area contributed by atoms with Gasteiger partial charge < -0.3 is 4.79 Å². The molecule has 0 spiro atoms. The van der Waals surface area contributed by atoms with Crippen molar-refractivity contribution in [3.8, 4) is 0 Å². The summed E-state index contributed by atoms with van der Waals surface area (Å²) in [6.07, 6.45) is 3.69. The van der Waals surface area contributed by atoms with Gasteiger partial charge in [-0.1, -0.05) is 27.2 Å². The molecule has 4 unspecified atom stereocenters. The molecular weight excluding hydrogens is 136 g/mol. The molecular formula is C10H18O. The number of carbonyl (C=O) groups excluding carboxylic acids is 1. The smallest absolute Gasteiger partial charge is 0.123 e. The van der Waals surface area contributed by atoms with Gasteiger partial charge in [0.15, 0.2) is 0 Å². The fraction of sp³-hybridized carbons (Fsp3) is 0.900. The van der Waals surface area contributed by atoms with E-state index >= 15 is 0 Å². The Morgan fingerprint density at radius 2 is 1.64 bits per heavy atom. The van der Waals surface area contributed by atoms with Crippen LogP contribution in [0.25, 0.3) is 0 Å². The number of aldehydes is 1. The first-order chi connectivity index (χ1) is 5.16. The van der Waals surface area contributed by atoms with Crippen molar-refractivity contribution in [2.24, 2.45) is 23.7 Å². The summed E-state index contributed by atoms with van der Waals surface area (Å²) in [5, 5.41) is 0. The van der Waals surface area contributed by atoms with Crippen molar-refractivity contribution in [1.29, 1.82) is 0 Å². The van der Waals surface area contributed by atoms with Crippen molar-refractivity contribution in [1.82, 2.24) is 0 Å². The summed E-state index contributed by atoms with van der Waals surface area (Å²) in [4.78, 5) is 10.7. The molecule has 0 amide bonds. The zero-order chi connectivity index (χ0) is 8.43. The van der Waals surface area contributed by atoms with Crippen LogP contribution in [0, 0.1) is 23.7 Å². The highest BCUT2D eigenvalue weighted by atomic mass is 16.1. The molecule has 0 bridgehead atoms. The fourth-order valence-electron chi connectivity index (χ4n) is 2.14. The van der Waals surface area contributed by atoms with E-state index in [0.29, 0.717) is 17.8 Å². The van der Waals surface area contributed by atoms with Gasteiger partial charge in [-0.05, 0) is 24.2 Å². The normalized spacial score (nSPS) is 45.4. The van der Waals surface area contributed by atoms with Crippen molar-refractivity contribution >= 4 is 6.29 Å². The summed E-state index contributed by atoms with van der Waals surface area (Å²) in [5.74, 6) is 2.26. The highest BCUT2D eigenvalue weighted by Gasteiger charge is 2.31. The minimum absolute atomic E-state index is 0.318. The minimum atomic E-state index is 0.318. The van der Waals surface area contributed by atoms with Gasteiger partial charge in [0, 0.05) is 5.92 Å². The molecule has 0 saturated heterocycles. The Balaban J connectivity index is 2.62. The summed E-state index contributed by atoms with van der Waals surface area (Å²) in [6, 6.07) is 0. The molecule has 0 aromatic carbocycles. The first-order valence-corrected chi connectivity index (χ1v) is 4.62. The highest BCUT2D eigenvalue weighted by Crippen LogP contribution is 2.36. The van der Waals surface area contributed by atoms with Crippen LogP contribution in [0.15, 0.2) is 0 Å². The lowest BCUT2D eigenvalue weighted by Gasteiger charge is -2.35. The maximum Gasteiger partial charge on any atom is 0.123 e. The lowest BCUT2D eigenvalue weighted by atomic mass is 9.69. The third kappa shape index (κ3) is 1.63. The first kappa shape index (κ1) is 8.76. The van der Waals surface area contributed by atoms with Crippen LogP contribution in [0.5, 0.6) is 0 Å². The Morgan fingerprint density at radius 3 is 2.09 bits per heavy atom. The van der Waals surface area contributed by atoms with Crippen molar-refractivity contribution in [3.05, 3.63) is 0 Å². The lowest BCUT2D eigenvalue weighted by molar-refractivity contribution is -0.115. The second-order valence-electron chi connectivity index (χ2n) is 4.10. The van der Waals surface area contributed by atoms with Crippen LogP contribution < -0.4 is 0 Å². The minimum Gasteiger partial charge on any atom is -0.303 e. The summed E-state index contributed by atoms with van der Waals surface area (Å²) in [5.41, 5.74) is 0. The zero-order valence-corrected chi connectivity index (χ0v) is 7.71. The molecule has 1 aliphatic rings. The average Bonchev–Trinajstić information content (AvgIpc) is 1.99. The van der Waals surface area contributed by atoms with E-state index in [9.17, 15) is 4.79 Å². The van der Waals surface area contributed by atoms with Crippen LogP contribution in [0.3, 0.4) is 0 Å². The van der Waals surface area contributed by atoms with Gasteiger partial charge in [-0.15, -0.1) is 0 Å². The quantitative estimate of drug-likeness (QED) is 0.530. The van der Waals surface area contributed by atoms with E-state index in [4.69, 9.17) is 0 Å². The Kier molecular flexibility index (Phi) is 2.69. The molecule has 1 fully saturated rings. The van der Waals surface area contributed by atoms with Crippen molar-refractivity contribution in [3.63, 3.8) is 0 Å². The molecule has 0 aliphatic heterocycles. The summed E-state index contributed by atoms with van der Waals surface area (Å²) < 4.78 is 0. The Hall–Kier alpha value is -0.330. The molecule has 0 radical (unpaired) electrons. The van der Waals surface area contributed by atoms with E-state index in [1.54, 1.807) is 0 Å². The SMILES string of the molecule is CC1CCC(C)C(C=O)C1C. The molecule has 0 N–H and O–H groups in total. The van der Waals surface area contributed by atoms with E-state index in [1.165, 1.54) is 12.8 Å². The molecule has 64 valence electrons. The third-order valence-electron chi connectivity index (χ3n) is 3.40. The maximum atomic E-state index is 10.7. The molecule has 0 aromatic heterocycles. The zero-order valence-electron chi connectivity index (χ0n) is 7.71. The van der Waals surface area contributed by atoms with Crippen LogP contribution in [-0.2, 0) is 4.79 Å². The molecule has 1 heteroatoms. The number of hydrogen-bond donors (Lipinski definition) is 0. The predicted molar refractivity (Wildman–Crippen MR) is 46.3 cm³/mol. The average molecular weight is 154 g/mol. The van der Waals surface area contributed by atoms with E-state index in [1.807, 2.05) is 0 Å². The Morgan fingerprint density at radius 1 is 1.09 bits per heavy atom. The van der Waals surface area contributed by atoms with Gasteiger partial charge in [-0.25, -0.2) is 0 Å². The molecule has 1 saturated carbocycles. The standard InChI is InChI=1S/C10H18O/c1-7-4-5-8(2)10(6-11)9(7)3/h6-10H,4-5H2,1-3H3. The number of hydrogen-bond acceptors (Lipinski definition) is 1. The van der Waals surface area contributed by atoms with Crippen molar-refractivity contribution in [2.45, 2.75) is 33.6 Å². The third-order valence-corrected chi connectivity index (χ3v) is 3.40. The second-order valence-corrected chi connectivity index (χ2v) is 4.10. The maximum absolute atomic E-state index is 10.7. The molecule has 0 heterocycles. The van der Waals surface area contributed by atoms with Gasteiger partial charge in [-0.3, -0.25) is 0 Å². The topological polar surface area (TPSA) is 17.1 Å². The van der Waals surface area contributed by atoms with Crippen LogP contribution in [0.1, 0.15) is 33.6 Å². The second kappa shape index (κ2) is 3.38. The largest absolute Gasteiger partial charge is 0.303 e. The molecule has 4 atom stereocenters. The molecule has 1 nitrogen and oxygen atoms in total. The van der Waals surface area contributed by atoms with E-state index in [2.05, 4.69) is 20.8 Å². The molecule has 0 aromatic rings. The molecule has 11 heavy (non-hydrogen) atoms. The number of rotatable bonds is 1. The van der Waals surface area contributed by atoms with Gasteiger partial charge in [0.1, 0.15) is 6.29 Å². The Bertz CT molecular complexity index is 142. The lowest BCUT2D eigenvalue weighted by Crippen LogP contribution is -2.31. The highest BCUT2D eigenvalue weighted by molar-refractivity contribution is 5.54. The Labute approximate surface area is 69.2 Å². The summed E-state index contributed by atoms with van der Waals surface area (Å²) >= 11 is 0. The summed E-state index contributed by atoms with van der Waals surface area (Å²) in [6.45, 7) is 6.66. The molecule has 1 aliphatic carbocycles. The van der Waals surface area contributed by atoms with Gasteiger partial charge in [-0.2, -0.15) is 0 Å². The number of carbonyl (C=O) groups is 1. The van der Waals surface area contributed by atoms with Crippen LogP contribution in [0.2, 0.25) is 0 Å². The van der Waals surface area contributed by atoms with Gasteiger partial charge >= 0.3 is 0 Å². The fourth-order valence-corrected chi connectivity index (χ4v) is 2.14. The van der Waals surface area contributed by atoms with Crippen molar-refractivity contribution < 1.29 is 4.79 Å². The van der Waals surface area contributed by atoms with E-state index in [-0.39, 0.29) is 0 Å². The van der Waals surface area contributed by atoms with Crippen LogP contribution in [-0.4, -0.2) is 6.29 Å². The van der Waals surface area contributed by atoms with Gasteiger partial charge in [0.05, 0.1) is 0 Å². The summed E-state index contributed by atoms with van der Waals surface area (Å²) in [7, 11) is 0. The van der Waals surface area contributed by atoms with Gasteiger partial charge in [0.25, 0.3) is 0 Å². The van der Waals surface area contributed by atoms with Gasteiger partial charge in [0.2, 0.25) is 0 Å². The van der Waals surface area contributed by atoms with Crippen LogP contribution in [0.4, 0.5) is 0 Å². The molecule has 1 rings (SSSR count). The van der Waals surface area contributed by atoms with Crippen LogP contribution >= 0.6 is 0 Å².